The normalized spacial score (nSPS) is 11.8. The lowest BCUT2D eigenvalue weighted by molar-refractivity contribution is 0.184. The molecule has 92 valence electrons. The smallest absolute Gasteiger partial charge is 0.122 e. The van der Waals surface area contributed by atoms with Crippen molar-refractivity contribution < 1.29 is 9.47 Å². The van der Waals surface area contributed by atoms with E-state index in [1.807, 2.05) is 19.1 Å². The van der Waals surface area contributed by atoms with Crippen LogP contribution in [0.2, 0.25) is 0 Å². The average molecular weight is 246 g/mol. The van der Waals surface area contributed by atoms with E-state index < -0.39 is 0 Å². The summed E-state index contributed by atoms with van der Waals surface area (Å²) < 4.78 is 10.4. The Morgan fingerprint density at radius 3 is 2.50 bits per heavy atom. The van der Waals surface area contributed by atoms with Gasteiger partial charge in [-0.3, -0.25) is 0 Å². The van der Waals surface area contributed by atoms with Crippen LogP contribution < -0.4 is 10.5 Å². The van der Waals surface area contributed by atoms with Crippen LogP contribution in [-0.4, -0.2) is 20.3 Å². The van der Waals surface area contributed by atoms with E-state index >= 15 is 0 Å². The maximum absolute atomic E-state index is 5.79. The van der Waals surface area contributed by atoms with E-state index in [4.69, 9.17) is 15.2 Å². The summed E-state index contributed by atoms with van der Waals surface area (Å²) >= 11 is 0. The number of hydrogen-bond acceptors (Lipinski definition) is 3. The van der Waals surface area contributed by atoms with E-state index in [-0.39, 0.29) is 18.4 Å². The van der Waals surface area contributed by atoms with Gasteiger partial charge in [-0.2, -0.15) is 0 Å². The molecule has 0 radical (unpaired) electrons. The van der Waals surface area contributed by atoms with Crippen molar-refractivity contribution in [3.8, 4) is 5.75 Å². The number of methoxy groups -OCH3 is 2. The minimum atomic E-state index is 0. The highest BCUT2D eigenvalue weighted by atomic mass is 35.5. The third-order valence-corrected chi connectivity index (χ3v) is 2.20. The summed E-state index contributed by atoms with van der Waals surface area (Å²) in [6, 6.07) is 6.20. The summed E-state index contributed by atoms with van der Waals surface area (Å²) in [5.74, 6) is 0.896. The highest BCUT2D eigenvalue weighted by molar-refractivity contribution is 5.85. The average Bonchev–Trinajstić information content (AvgIpc) is 2.18. The van der Waals surface area contributed by atoms with Crippen LogP contribution in [0.1, 0.15) is 18.1 Å². The van der Waals surface area contributed by atoms with Gasteiger partial charge in [0.2, 0.25) is 0 Å². The van der Waals surface area contributed by atoms with Gasteiger partial charge in [0.05, 0.1) is 13.7 Å². The number of rotatable bonds is 5. The molecule has 0 aliphatic carbocycles. The Bertz CT molecular complexity index is 316. The van der Waals surface area contributed by atoms with Gasteiger partial charge in [0, 0.05) is 13.2 Å². The largest absolute Gasteiger partial charge is 0.496 e. The van der Waals surface area contributed by atoms with Gasteiger partial charge in [0.1, 0.15) is 5.75 Å². The van der Waals surface area contributed by atoms with Crippen molar-refractivity contribution >= 4 is 12.4 Å². The van der Waals surface area contributed by atoms with Crippen LogP contribution in [0.3, 0.4) is 0 Å². The Balaban J connectivity index is 0.00000225. The zero-order valence-electron chi connectivity index (χ0n) is 10.0. The molecule has 0 bridgehead atoms. The molecule has 16 heavy (non-hydrogen) atoms. The zero-order valence-corrected chi connectivity index (χ0v) is 10.8. The highest BCUT2D eigenvalue weighted by Gasteiger charge is 2.06. The molecule has 0 fully saturated rings. The lowest BCUT2D eigenvalue weighted by Gasteiger charge is -2.12. The van der Waals surface area contributed by atoms with E-state index in [0.29, 0.717) is 6.61 Å². The van der Waals surface area contributed by atoms with Crippen molar-refractivity contribution in [1.29, 1.82) is 0 Å². The summed E-state index contributed by atoms with van der Waals surface area (Å²) in [6.07, 6.45) is 0.820. The quantitative estimate of drug-likeness (QED) is 0.865. The van der Waals surface area contributed by atoms with E-state index in [1.54, 1.807) is 14.2 Å². The maximum atomic E-state index is 5.79. The molecule has 1 aromatic carbocycles. The molecule has 1 aromatic rings. The summed E-state index contributed by atoms with van der Waals surface area (Å²) in [5.41, 5.74) is 8.07. The second-order valence-corrected chi connectivity index (χ2v) is 3.76. The molecule has 1 unspecified atom stereocenters. The molecule has 4 heteroatoms. The van der Waals surface area contributed by atoms with E-state index in [0.717, 1.165) is 23.3 Å². The second-order valence-electron chi connectivity index (χ2n) is 3.76. The third-order valence-electron chi connectivity index (χ3n) is 2.20. The lowest BCUT2D eigenvalue weighted by atomic mass is 10.0. The molecule has 1 atom stereocenters. The third kappa shape index (κ3) is 4.39. The van der Waals surface area contributed by atoms with Crippen molar-refractivity contribution in [2.75, 3.05) is 14.2 Å². The minimum Gasteiger partial charge on any atom is -0.496 e. The van der Waals surface area contributed by atoms with Gasteiger partial charge in [-0.1, -0.05) is 6.07 Å². The Hall–Kier alpha value is -0.770. The van der Waals surface area contributed by atoms with Gasteiger partial charge < -0.3 is 15.2 Å². The number of benzene rings is 1. The fourth-order valence-electron chi connectivity index (χ4n) is 1.59. The molecule has 0 saturated heterocycles. The molecule has 0 spiro atoms. The lowest BCUT2D eigenvalue weighted by Crippen LogP contribution is -2.18. The standard InChI is InChI=1S/C12H19NO2.ClH/c1-9(13)6-11-7-10(8-14-2)4-5-12(11)15-3;/h4-5,7,9H,6,8,13H2,1-3H3;1H. The van der Waals surface area contributed by atoms with Gasteiger partial charge in [-0.05, 0) is 36.6 Å². The first-order chi connectivity index (χ1) is 7.17. The minimum absolute atomic E-state index is 0. The number of nitrogens with two attached hydrogens (primary N) is 1. The van der Waals surface area contributed by atoms with Crippen LogP contribution in [0.5, 0.6) is 5.75 Å². The summed E-state index contributed by atoms with van der Waals surface area (Å²) in [7, 11) is 3.37. The molecule has 0 aliphatic rings. The van der Waals surface area contributed by atoms with Crippen molar-refractivity contribution in [2.45, 2.75) is 26.0 Å². The van der Waals surface area contributed by atoms with Crippen molar-refractivity contribution in [3.05, 3.63) is 29.3 Å². The molecule has 2 N–H and O–H groups in total. The van der Waals surface area contributed by atoms with E-state index in [1.165, 1.54) is 0 Å². The van der Waals surface area contributed by atoms with Crippen molar-refractivity contribution in [1.82, 2.24) is 0 Å². The zero-order chi connectivity index (χ0) is 11.3. The van der Waals surface area contributed by atoms with Crippen LogP contribution >= 0.6 is 12.4 Å². The molecular formula is C12H20ClNO2. The second kappa shape index (κ2) is 7.49. The molecule has 0 heterocycles. The monoisotopic (exact) mass is 245 g/mol. The predicted molar refractivity (Wildman–Crippen MR) is 68.3 cm³/mol. The Labute approximate surface area is 103 Å². The van der Waals surface area contributed by atoms with Crippen LogP contribution in [0.25, 0.3) is 0 Å². The van der Waals surface area contributed by atoms with Crippen LogP contribution in [0.4, 0.5) is 0 Å². The van der Waals surface area contributed by atoms with Gasteiger partial charge in [-0.15, -0.1) is 12.4 Å². The van der Waals surface area contributed by atoms with Crippen molar-refractivity contribution in [2.24, 2.45) is 5.73 Å². The number of ether oxygens (including phenoxy) is 2. The van der Waals surface area contributed by atoms with Gasteiger partial charge >= 0.3 is 0 Å². The van der Waals surface area contributed by atoms with Gasteiger partial charge in [-0.25, -0.2) is 0 Å². The van der Waals surface area contributed by atoms with Gasteiger partial charge in [0.25, 0.3) is 0 Å². The van der Waals surface area contributed by atoms with E-state index in [2.05, 4.69) is 6.07 Å². The number of halogens is 1. The molecule has 0 saturated carbocycles. The van der Waals surface area contributed by atoms with Crippen molar-refractivity contribution in [3.63, 3.8) is 0 Å². The molecule has 0 aliphatic heterocycles. The first-order valence-electron chi connectivity index (χ1n) is 5.07. The van der Waals surface area contributed by atoms with E-state index in [9.17, 15) is 0 Å². The molecule has 0 aromatic heterocycles. The van der Waals surface area contributed by atoms with Crippen LogP contribution in [0, 0.1) is 0 Å². The Morgan fingerprint density at radius 2 is 2.00 bits per heavy atom. The summed E-state index contributed by atoms with van der Waals surface area (Å²) in [4.78, 5) is 0. The van der Waals surface area contributed by atoms with Gasteiger partial charge in [0.15, 0.2) is 0 Å². The van der Waals surface area contributed by atoms with Crippen LogP contribution in [-0.2, 0) is 17.8 Å². The predicted octanol–water partition coefficient (Wildman–Crippen LogP) is 2.15. The molecule has 3 nitrogen and oxygen atoms in total. The van der Waals surface area contributed by atoms with Crippen LogP contribution in [0.15, 0.2) is 18.2 Å². The molecular weight excluding hydrogens is 226 g/mol. The topological polar surface area (TPSA) is 44.5 Å². The highest BCUT2D eigenvalue weighted by Crippen LogP contribution is 2.21. The fraction of sp³-hybridized carbons (Fsp3) is 0.500. The first-order valence-corrected chi connectivity index (χ1v) is 5.07. The fourth-order valence-corrected chi connectivity index (χ4v) is 1.59. The SMILES string of the molecule is COCc1ccc(OC)c(CC(C)N)c1.Cl. The Morgan fingerprint density at radius 1 is 1.31 bits per heavy atom. The molecule has 0 amide bonds. The summed E-state index contributed by atoms with van der Waals surface area (Å²) in [5, 5.41) is 0. The summed E-state index contributed by atoms with van der Waals surface area (Å²) in [6.45, 7) is 2.61. The number of hydrogen-bond donors (Lipinski definition) is 1. The first kappa shape index (κ1) is 15.2. The molecule has 1 rings (SSSR count). The Kier molecular flexibility index (Phi) is 7.13. The maximum Gasteiger partial charge on any atom is 0.122 e.